The normalized spacial score (nSPS) is 12.7. The molecule has 0 heterocycles. The van der Waals surface area contributed by atoms with E-state index in [-0.39, 0.29) is 23.2 Å². The predicted octanol–water partition coefficient (Wildman–Crippen LogP) is 6.76. The highest BCUT2D eigenvalue weighted by molar-refractivity contribution is 5.72. The summed E-state index contributed by atoms with van der Waals surface area (Å²) < 4.78 is 5.50. The van der Waals surface area contributed by atoms with Crippen LogP contribution in [0.25, 0.3) is 0 Å². The van der Waals surface area contributed by atoms with Crippen LogP contribution in [0.1, 0.15) is 90.2 Å². The van der Waals surface area contributed by atoms with Gasteiger partial charge in [-0.3, -0.25) is 4.79 Å². The van der Waals surface area contributed by atoms with Crippen molar-refractivity contribution in [3.63, 3.8) is 0 Å². The van der Waals surface area contributed by atoms with Crippen LogP contribution in [-0.2, 0) is 10.2 Å². The number of ether oxygens (including phenoxy) is 1. The Morgan fingerprint density at radius 2 is 1.34 bits per heavy atom. The maximum Gasteiger partial charge on any atom is 0.311 e. The lowest BCUT2D eigenvalue weighted by molar-refractivity contribution is -0.134. The maximum absolute atomic E-state index is 12.1. The lowest BCUT2D eigenvalue weighted by atomic mass is 9.78. The Kier molecular flexibility index (Phi) is 10.2. The quantitative estimate of drug-likeness (QED) is 0.205. The van der Waals surface area contributed by atoms with Gasteiger partial charge in [0.1, 0.15) is 11.5 Å². The van der Waals surface area contributed by atoms with E-state index < -0.39 is 0 Å². The van der Waals surface area contributed by atoms with Gasteiger partial charge in [-0.25, -0.2) is 0 Å². The van der Waals surface area contributed by atoms with E-state index in [0.717, 1.165) is 56.1 Å². The fourth-order valence-electron chi connectivity index (χ4n) is 3.83. The molecule has 0 radical (unpaired) electrons. The number of carbonyl (C=O) groups is 1. The third kappa shape index (κ3) is 8.31. The maximum atomic E-state index is 12.1. The van der Waals surface area contributed by atoms with Gasteiger partial charge in [0.15, 0.2) is 0 Å². The van der Waals surface area contributed by atoms with Crippen molar-refractivity contribution in [3.8, 4) is 11.5 Å². The first-order valence-corrected chi connectivity index (χ1v) is 12.0. The fourth-order valence-corrected chi connectivity index (χ4v) is 3.83. The number of phenolic OH excluding ortho intramolecular Hbond substituents is 1. The average Bonchev–Trinajstić information content (AvgIpc) is 2.76. The predicted molar refractivity (Wildman–Crippen MR) is 130 cm³/mol. The van der Waals surface area contributed by atoms with Crippen LogP contribution in [-0.4, -0.2) is 22.3 Å². The van der Waals surface area contributed by atoms with Crippen molar-refractivity contribution in [2.24, 2.45) is 5.92 Å². The molecule has 4 heteroatoms. The van der Waals surface area contributed by atoms with E-state index in [0.29, 0.717) is 18.1 Å². The number of aromatic hydroxyl groups is 1. The van der Waals surface area contributed by atoms with Gasteiger partial charge in [0.05, 0.1) is 6.10 Å². The van der Waals surface area contributed by atoms with E-state index in [9.17, 15) is 15.0 Å². The molecule has 1 unspecified atom stereocenters. The Morgan fingerprint density at radius 1 is 0.844 bits per heavy atom. The minimum absolute atomic E-state index is 0.183. The molecule has 176 valence electrons. The Balaban J connectivity index is 1.68. The zero-order valence-electron chi connectivity index (χ0n) is 20.1. The third-order valence-corrected chi connectivity index (χ3v) is 6.30. The summed E-state index contributed by atoms with van der Waals surface area (Å²) in [5, 5.41) is 19.3. The summed E-state index contributed by atoms with van der Waals surface area (Å²) in [6.07, 6.45) is 7.49. The molecule has 2 N–H and O–H groups in total. The molecule has 2 aromatic rings. The van der Waals surface area contributed by atoms with Crippen molar-refractivity contribution in [3.05, 3.63) is 59.7 Å². The summed E-state index contributed by atoms with van der Waals surface area (Å²) >= 11 is 0. The first-order valence-electron chi connectivity index (χ1n) is 12.0. The van der Waals surface area contributed by atoms with Crippen LogP contribution >= 0.6 is 0 Å². The lowest BCUT2D eigenvalue weighted by Gasteiger charge is -2.26. The number of carbonyl (C=O) groups excluding carboxylic acids is 1. The van der Waals surface area contributed by atoms with Crippen molar-refractivity contribution in [1.82, 2.24) is 0 Å². The fraction of sp³-hybridized carbons (Fsp3) is 0.536. The summed E-state index contributed by atoms with van der Waals surface area (Å²) in [4.78, 5) is 12.1. The molecule has 32 heavy (non-hydrogen) atoms. The van der Waals surface area contributed by atoms with Gasteiger partial charge in [-0.2, -0.15) is 0 Å². The van der Waals surface area contributed by atoms with Gasteiger partial charge in [0.25, 0.3) is 0 Å². The molecule has 0 aliphatic carbocycles. The topological polar surface area (TPSA) is 66.8 Å². The largest absolute Gasteiger partial charge is 0.508 e. The van der Waals surface area contributed by atoms with Gasteiger partial charge < -0.3 is 14.9 Å². The Labute approximate surface area is 193 Å². The van der Waals surface area contributed by atoms with Gasteiger partial charge in [-0.15, -0.1) is 0 Å². The van der Waals surface area contributed by atoms with Gasteiger partial charge in [0, 0.05) is 11.8 Å². The summed E-state index contributed by atoms with van der Waals surface area (Å²) in [5.41, 5.74) is 2.00. The molecule has 2 aromatic carbocycles. The summed E-state index contributed by atoms with van der Waals surface area (Å²) in [7, 11) is 0. The highest BCUT2D eigenvalue weighted by atomic mass is 16.5. The van der Waals surface area contributed by atoms with Crippen LogP contribution in [0, 0.1) is 5.92 Å². The number of hydrogen-bond acceptors (Lipinski definition) is 4. The van der Waals surface area contributed by atoms with Crippen LogP contribution in [0.5, 0.6) is 11.5 Å². The van der Waals surface area contributed by atoms with E-state index in [1.807, 2.05) is 36.4 Å². The molecule has 0 fully saturated rings. The van der Waals surface area contributed by atoms with E-state index in [1.54, 1.807) is 12.1 Å². The van der Waals surface area contributed by atoms with Crippen LogP contribution in [0.3, 0.4) is 0 Å². The smallest absolute Gasteiger partial charge is 0.311 e. The molecule has 1 atom stereocenters. The molecule has 0 saturated heterocycles. The average molecular weight is 441 g/mol. The van der Waals surface area contributed by atoms with Gasteiger partial charge in [-0.05, 0) is 54.2 Å². The molecule has 2 rings (SSSR count). The van der Waals surface area contributed by atoms with Crippen LogP contribution < -0.4 is 4.74 Å². The molecule has 0 aliphatic heterocycles. The molecular weight excluding hydrogens is 400 g/mol. The third-order valence-electron chi connectivity index (χ3n) is 6.30. The van der Waals surface area contributed by atoms with E-state index in [2.05, 4.69) is 27.7 Å². The standard InChI is InChI=1S/C28H40O4/c1-21(2)26(30)11-9-7-5-6-8-10-12-27(31)32-25-19-15-23(16-20-25)28(3,4)22-13-17-24(29)18-14-22/h13-21,26,29-30H,5-12H2,1-4H3. The van der Waals surface area contributed by atoms with Gasteiger partial charge >= 0.3 is 5.97 Å². The zero-order chi connectivity index (χ0) is 23.6. The number of rotatable bonds is 13. The van der Waals surface area contributed by atoms with Crippen LogP contribution in [0.4, 0.5) is 0 Å². The molecule has 0 amide bonds. The number of phenols is 1. The number of esters is 1. The van der Waals surface area contributed by atoms with E-state index in [4.69, 9.17) is 4.74 Å². The van der Waals surface area contributed by atoms with Crippen molar-refractivity contribution < 1.29 is 19.7 Å². The molecular formula is C28H40O4. The van der Waals surface area contributed by atoms with Crippen molar-refractivity contribution in [2.45, 2.75) is 90.6 Å². The van der Waals surface area contributed by atoms with Crippen molar-refractivity contribution in [1.29, 1.82) is 0 Å². The van der Waals surface area contributed by atoms with E-state index in [1.165, 1.54) is 0 Å². The SMILES string of the molecule is CC(C)C(O)CCCCCCCCC(=O)Oc1ccc(C(C)(C)c2ccc(O)cc2)cc1. The first kappa shape index (κ1) is 25.9. The molecule has 0 aliphatic rings. The van der Waals surface area contributed by atoms with Crippen molar-refractivity contribution >= 4 is 5.97 Å². The molecule has 4 nitrogen and oxygen atoms in total. The molecule has 0 saturated carbocycles. The van der Waals surface area contributed by atoms with Crippen molar-refractivity contribution in [2.75, 3.05) is 0 Å². The second kappa shape index (κ2) is 12.6. The Morgan fingerprint density at radius 3 is 1.91 bits per heavy atom. The second-order valence-electron chi connectivity index (χ2n) is 9.64. The highest BCUT2D eigenvalue weighted by Crippen LogP contribution is 2.33. The number of hydrogen-bond donors (Lipinski definition) is 2. The molecule has 0 aromatic heterocycles. The number of aliphatic hydroxyl groups excluding tert-OH is 1. The highest BCUT2D eigenvalue weighted by Gasteiger charge is 2.23. The Hall–Kier alpha value is -2.33. The summed E-state index contributed by atoms with van der Waals surface area (Å²) in [6, 6.07) is 14.9. The van der Waals surface area contributed by atoms with Gasteiger partial charge in [-0.1, -0.05) is 84.1 Å². The lowest BCUT2D eigenvalue weighted by Crippen LogP contribution is -2.18. The monoisotopic (exact) mass is 440 g/mol. The molecule has 0 bridgehead atoms. The number of unbranched alkanes of at least 4 members (excludes halogenated alkanes) is 5. The van der Waals surface area contributed by atoms with E-state index >= 15 is 0 Å². The minimum atomic E-state index is -0.219. The van der Waals surface area contributed by atoms with Crippen LogP contribution in [0.2, 0.25) is 0 Å². The summed E-state index contributed by atoms with van der Waals surface area (Å²) in [5.74, 6) is 0.982. The van der Waals surface area contributed by atoms with Gasteiger partial charge in [0.2, 0.25) is 0 Å². The number of aliphatic hydroxyl groups is 1. The first-order chi connectivity index (χ1) is 15.2. The second-order valence-corrected chi connectivity index (χ2v) is 9.64. The zero-order valence-corrected chi connectivity index (χ0v) is 20.1. The molecule has 0 spiro atoms. The number of benzene rings is 2. The Bertz CT molecular complexity index is 806. The summed E-state index contributed by atoms with van der Waals surface area (Å²) in [6.45, 7) is 8.37. The van der Waals surface area contributed by atoms with Crippen LogP contribution in [0.15, 0.2) is 48.5 Å². The minimum Gasteiger partial charge on any atom is -0.508 e.